The SMILES string of the molecule is C=C/C=C\C(=C/C)n1c2ccccc2c2cc3c4cc5ccc(-c6ccc(-c7ccccc7)cc6)cc5cc4n4c5cc6cc(-c7ccc(-c8ccccc8)cc7)ccc6cc5c(c21)c34. The predicted octanol–water partition coefficient (Wildman–Crippen LogP) is 17.5. The highest BCUT2D eigenvalue weighted by Gasteiger charge is 2.25. The maximum absolute atomic E-state index is 4.01. The molecule has 0 amide bonds. The summed E-state index contributed by atoms with van der Waals surface area (Å²) in [7, 11) is 0. The Bertz CT molecular complexity index is 4090. The van der Waals surface area contributed by atoms with E-state index in [1.54, 1.807) is 0 Å². The molecular formula is C63H42N2. The van der Waals surface area contributed by atoms with Crippen molar-refractivity contribution >= 4 is 87.1 Å². The van der Waals surface area contributed by atoms with E-state index >= 15 is 0 Å². The summed E-state index contributed by atoms with van der Waals surface area (Å²) < 4.78 is 5.03. The van der Waals surface area contributed by atoms with E-state index in [0.717, 1.165) is 5.70 Å². The van der Waals surface area contributed by atoms with Crippen LogP contribution in [-0.2, 0) is 0 Å². The molecule has 0 unspecified atom stereocenters. The topological polar surface area (TPSA) is 9.34 Å². The number of allylic oxidation sites excluding steroid dienone is 5. The summed E-state index contributed by atoms with van der Waals surface area (Å²) in [6.07, 6.45) is 8.28. The first-order valence-electron chi connectivity index (χ1n) is 22.5. The lowest BCUT2D eigenvalue weighted by molar-refractivity contribution is 1.24. The van der Waals surface area contributed by atoms with Crippen molar-refractivity contribution in [1.29, 1.82) is 0 Å². The maximum Gasteiger partial charge on any atom is 0.0642 e. The Morgan fingerprint density at radius 1 is 0.385 bits per heavy atom. The molecule has 2 heteroatoms. The van der Waals surface area contributed by atoms with Gasteiger partial charge in [-0.05, 0) is 128 Å². The molecule has 0 aliphatic heterocycles. The smallest absolute Gasteiger partial charge is 0.0642 e. The molecule has 0 N–H and O–H groups in total. The number of benzene rings is 10. The summed E-state index contributed by atoms with van der Waals surface area (Å²) in [6.45, 7) is 6.14. The van der Waals surface area contributed by atoms with E-state index in [2.05, 4.69) is 235 Å². The highest BCUT2D eigenvalue weighted by Crippen LogP contribution is 2.48. The molecule has 10 aromatic carbocycles. The molecule has 304 valence electrons. The van der Waals surface area contributed by atoms with Crippen molar-refractivity contribution in [3.05, 3.63) is 231 Å². The van der Waals surface area contributed by atoms with Gasteiger partial charge in [0.25, 0.3) is 0 Å². The van der Waals surface area contributed by atoms with Crippen LogP contribution in [0.5, 0.6) is 0 Å². The second kappa shape index (κ2) is 14.6. The van der Waals surface area contributed by atoms with E-state index in [9.17, 15) is 0 Å². The minimum atomic E-state index is 1.11. The molecule has 0 aliphatic rings. The minimum Gasteiger partial charge on any atom is -0.309 e. The van der Waals surface area contributed by atoms with Gasteiger partial charge in [0.15, 0.2) is 0 Å². The number of aromatic nitrogens is 2. The molecule has 0 radical (unpaired) electrons. The minimum absolute atomic E-state index is 1.11. The standard InChI is InChI=1S/C63H42N2/c1-3-5-18-52(4-2)64-58-20-13-12-19-53(58)55-39-56-54-35-48-31-29-46(44-25-21-42(22-26-44)40-14-8-6-9-15-40)33-50(48)37-59(54)65-60-38-51-34-47(30-32-49(51)36-57(60)61(62(55)64)63(56)65)45-27-23-43(24-28-45)41-16-10-7-11-17-41/h3-39H,1H2,2H3/b18-5-,52-4+. The second-order valence-electron chi connectivity index (χ2n) is 17.3. The van der Waals surface area contributed by atoms with E-state index in [0.29, 0.717) is 0 Å². The van der Waals surface area contributed by atoms with E-state index in [-0.39, 0.29) is 0 Å². The summed E-state index contributed by atoms with van der Waals surface area (Å²) in [4.78, 5) is 0. The van der Waals surface area contributed by atoms with Crippen molar-refractivity contribution in [2.24, 2.45) is 0 Å². The molecule has 0 fully saturated rings. The van der Waals surface area contributed by atoms with Crippen LogP contribution in [0.3, 0.4) is 0 Å². The van der Waals surface area contributed by atoms with Crippen LogP contribution in [0.4, 0.5) is 0 Å². The molecule has 0 bridgehead atoms. The number of hydrogen-bond donors (Lipinski definition) is 0. The van der Waals surface area contributed by atoms with Gasteiger partial charge in [0.05, 0.1) is 27.6 Å². The molecule has 0 spiro atoms. The van der Waals surface area contributed by atoms with Gasteiger partial charge in [-0.15, -0.1) is 0 Å². The van der Waals surface area contributed by atoms with Crippen LogP contribution in [0.15, 0.2) is 231 Å². The summed E-state index contributed by atoms with van der Waals surface area (Å²) in [5, 5.41) is 12.5. The van der Waals surface area contributed by atoms with Crippen molar-refractivity contribution in [2.45, 2.75) is 6.92 Å². The van der Waals surface area contributed by atoms with Gasteiger partial charge in [-0.25, -0.2) is 0 Å². The number of fused-ring (bicyclic) bond motifs is 12. The summed E-state index contributed by atoms with van der Waals surface area (Å²) in [5.74, 6) is 0. The van der Waals surface area contributed by atoms with Crippen LogP contribution in [0.25, 0.3) is 132 Å². The monoisotopic (exact) mass is 826 g/mol. The third kappa shape index (κ3) is 5.74. The van der Waals surface area contributed by atoms with Gasteiger partial charge in [-0.3, -0.25) is 0 Å². The molecule has 65 heavy (non-hydrogen) atoms. The van der Waals surface area contributed by atoms with Gasteiger partial charge in [-0.2, -0.15) is 0 Å². The average molecular weight is 827 g/mol. The summed E-state index contributed by atoms with van der Waals surface area (Å²) in [5.41, 5.74) is 17.0. The maximum atomic E-state index is 4.01. The van der Waals surface area contributed by atoms with Crippen molar-refractivity contribution in [1.82, 2.24) is 8.97 Å². The highest BCUT2D eigenvalue weighted by molar-refractivity contribution is 6.35. The quantitative estimate of drug-likeness (QED) is 0.142. The number of nitrogens with zero attached hydrogens (tertiary/aromatic N) is 2. The fourth-order valence-electron chi connectivity index (χ4n) is 10.6. The molecule has 13 rings (SSSR count). The Labute approximate surface area is 376 Å². The van der Waals surface area contributed by atoms with Crippen LogP contribution in [-0.4, -0.2) is 8.97 Å². The molecule has 3 aromatic heterocycles. The zero-order valence-electron chi connectivity index (χ0n) is 36.0. The lowest BCUT2D eigenvalue weighted by Gasteiger charge is -2.10. The van der Waals surface area contributed by atoms with E-state index in [4.69, 9.17) is 0 Å². The largest absolute Gasteiger partial charge is 0.309 e. The van der Waals surface area contributed by atoms with Crippen molar-refractivity contribution in [3.8, 4) is 44.5 Å². The zero-order chi connectivity index (χ0) is 43.2. The average Bonchev–Trinajstić information content (AvgIpc) is 3.99. The predicted molar refractivity (Wildman–Crippen MR) is 280 cm³/mol. The summed E-state index contributed by atoms with van der Waals surface area (Å²) >= 11 is 0. The lowest BCUT2D eigenvalue weighted by Crippen LogP contribution is -1.94. The number of hydrogen-bond acceptors (Lipinski definition) is 0. The van der Waals surface area contributed by atoms with Gasteiger partial charge in [0.1, 0.15) is 0 Å². The zero-order valence-corrected chi connectivity index (χ0v) is 36.0. The third-order valence-corrected chi connectivity index (χ3v) is 13.7. The molecule has 0 saturated carbocycles. The summed E-state index contributed by atoms with van der Waals surface area (Å²) in [6, 6.07) is 74.1. The molecule has 13 aromatic rings. The van der Waals surface area contributed by atoms with Gasteiger partial charge in [0, 0.05) is 38.0 Å². The molecule has 0 atom stereocenters. The van der Waals surface area contributed by atoms with E-state index in [1.807, 2.05) is 12.2 Å². The van der Waals surface area contributed by atoms with E-state index in [1.165, 1.54) is 126 Å². The fraction of sp³-hybridized carbons (Fsp3) is 0.0159. The van der Waals surface area contributed by atoms with Crippen LogP contribution in [0, 0.1) is 0 Å². The Kier molecular flexibility index (Phi) is 8.31. The van der Waals surface area contributed by atoms with Crippen LogP contribution >= 0.6 is 0 Å². The molecule has 2 nitrogen and oxygen atoms in total. The first-order valence-corrected chi connectivity index (χ1v) is 22.5. The Hall–Kier alpha value is -8.46. The van der Waals surface area contributed by atoms with Gasteiger partial charge >= 0.3 is 0 Å². The number of rotatable bonds is 7. The molecule has 3 heterocycles. The second-order valence-corrected chi connectivity index (χ2v) is 17.3. The third-order valence-electron chi connectivity index (χ3n) is 13.7. The first kappa shape index (κ1) is 37.1. The Balaban J connectivity index is 1.08. The van der Waals surface area contributed by atoms with Crippen LogP contribution in [0.1, 0.15) is 6.92 Å². The molecule has 0 aliphatic carbocycles. The van der Waals surface area contributed by atoms with Gasteiger partial charge in [-0.1, -0.05) is 176 Å². The first-order chi connectivity index (χ1) is 32.1. The lowest BCUT2D eigenvalue weighted by atomic mass is 9.96. The van der Waals surface area contributed by atoms with E-state index < -0.39 is 0 Å². The van der Waals surface area contributed by atoms with Crippen molar-refractivity contribution in [2.75, 3.05) is 0 Å². The Morgan fingerprint density at radius 2 is 0.862 bits per heavy atom. The molecular weight excluding hydrogens is 785 g/mol. The Morgan fingerprint density at radius 3 is 1.43 bits per heavy atom. The fourth-order valence-corrected chi connectivity index (χ4v) is 10.6. The molecule has 0 saturated heterocycles. The van der Waals surface area contributed by atoms with Crippen LogP contribution < -0.4 is 0 Å². The van der Waals surface area contributed by atoms with Crippen molar-refractivity contribution < 1.29 is 0 Å². The van der Waals surface area contributed by atoms with Gasteiger partial charge in [0.2, 0.25) is 0 Å². The number of para-hydroxylation sites is 1. The van der Waals surface area contributed by atoms with Gasteiger partial charge < -0.3 is 8.97 Å². The van der Waals surface area contributed by atoms with Crippen molar-refractivity contribution in [3.63, 3.8) is 0 Å². The normalized spacial score (nSPS) is 12.5. The highest BCUT2D eigenvalue weighted by atomic mass is 15.0. The van der Waals surface area contributed by atoms with Crippen LogP contribution in [0.2, 0.25) is 0 Å².